The Bertz CT molecular complexity index is 1470. The van der Waals surface area contributed by atoms with E-state index in [9.17, 15) is 0 Å². The number of benzene rings is 4. The number of hydrogen-bond donors (Lipinski definition) is 0. The molecule has 0 N–H and O–H groups in total. The summed E-state index contributed by atoms with van der Waals surface area (Å²) in [4.78, 5) is 9.18. The van der Waals surface area contributed by atoms with Crippen LogP contribution in [0.5, 0.6) is 0 Å². The minimum absolute atomic E-state index is 0.651. The molecule has 0 bridgehead atoms. The number of rotatable bonds is 1. The van der Waals surface area contributed by atoms with Crippen LogP contribution in [0.25, 0.3) is 55.0 Å². The Morgan fingerprint density at radius 2 is 1.44 bits per heavy atom. The molecule has 0 aliphatic carbocycles. The third kappa shape index (κ3) is 2.15. The Morgan fingerprint density at radius 1 is 0.630 bits per heavy atom. The lowest BCUT2D eigenvalue weighted by Gasteiger charge is -2.06. The predicted molar refractivity (Wildman–Crippen MR) is 110 cm³/mol. The van der Waals surface area contributed by atoms with Gasteiger partial charge < -0.3 is 4.42 Å². The Hall–Kier alpha value is -3.72. The fourth-order valence-corrected chi connectivity index (χ4v) is 3.80. The summed E-state index contributed by atoms with van der Waals surface area (Å²) in [5.41, 5.74) is 3.68. The van der Waals surface area contributed by atoms with Crippen molar-refractivity contribution in [3.63, 3.8) is 0 Å². The fourth-order valence-electron chi connectivity index (χ4n) is 3.80. The van der Waals surface area contributed by atoms with Crippen molar-refractivity contribution in [3.8, 4) is 11.5 Å². The van der Waals surface area contributed by atoms with E-state index in [0.717, 1.165) is 38.3 Å². The average Bonchev–Trinajstić information content (AvgIpc) is 3.18. The number of oxazole rings is 1. The van der Waals surface area contributed by atoms with Crippen LogP contribution < -0.4 is 0 Å². The molecule has 27 heavy (non-hydrogen) atoms. The maximum Gasteiger partial charge on any atom is 0.227 e. The number of nitrogens with zero attached hydrogens (tertiary/aromatic N) is 2. The highest BCUT2D eigenvalue weighted by atomic mass is 16.3. The van der Waals surface area contributed by atoms with Crippen molar-refractivity contribution in [3.05, 3.63) is 85.1 Å². The zero-order valence-electron chi connectivity index (χ0n) is 14.4. The summed E-state index contributed by atoms with van der Waals surface area (Å²) in [7, 11) is 0. The summed E-state index contributed by atoms with van der Waals surface area (Å²) < 4.78 is 6.20. The highest BCUT2D eigenvalue weighted by molar-refractivity contribution is 6.15. The van der Waals surface area contributed by atoms with Crippen molar-refractivity contribution < 1.29 is 4.42 Å². The average molecular weight is 346 g/mol. The van der Waals surface area contributed by atoms with Crippen LogP contribution in [0.2, 0.25) is 0 Å². The van der Waals surface area contributed by atoms with Crippen molar-refractivity contribution in [2.24, 2.45) is 0 Å². The van der Waals surface area contributed by atoms with Crippen LogP contribution in [0, 0.1) is 0 Å². The lowest BCUT2D eigenvalue weighted by atomic mass is 10.00. The molecule has 0 aliphatic rings. The lowest BCUT2D eigenvalue weighted by molar-refractivity contribution is 0.623. The summed E-state index contributed by atoms with van der Waals surface area (Å²) in [5, 5.41) is 5.75. The Balaban J connectivity index is 1.71. The molecule has 6 rings (SSSR count). The maximum atomic E-state index is 6.20. The molecule has 2 aromatic heterocycles. The quantitative estimate of drug-likeness (QED) is 0.257. The molecular weight excluding hydrogens is 332 g/mol. The minimum Gasteiger partial charge on any atom is -0.435 e. The minimum atomic E-state index is 0.651. The van der Waals surface area contributed by atoms with E-state index < -0.39 is 0 Å². The molecule has 3 nitrogen and oxygen atoms in total. The van der Waals surface area contributed by atoms with Gasteiger partial charge in [0.2, 0.25) is 5.89 Å². The van der Waals surface area contributed by atoms with Gasteiger partial charge in [-0.05, 0) is 58.6 Å². The zero-order chi connectivity index (χ0) is 17.8. The smallest absolute Gasteiger partial charge is 0.227 e. The van der Waals surface area contributed by atoms with Crippen LogP contribution >= 0.6 is 0 Å². The zero-order valence-corrected chi connectivity index (χ0v) is 14.4. The van der Waals surface area contributed by atoms with Crippen molar-refractivity contribution in [1.82, 2.24) is 9.97 Å². The summed E-state index contributed by atoms with van der Waals surface area (Å²) in [5.74, 6) is 0.651. The molecule has 2 heterocycles. The number of fused-ring (bicyclic) bond motifs is 6. The topological polar surface area (TPSA) is 38.9 Å². The molecule has 0 saturated heterocycles. The van der Waals surface area contributed by atoms with E-state index in [0.29, 0.717) is 5.89 Å². The van der Waals surface area contributed by atoms with Gasteiger partial charge >= 0.3 is 0 Å². The third-order valence-electron chi connectivity index (χ3n) is 5.11. The van der Waals surface area contributed by atoms with E-state index in [1.165, 1.54) is 10.8 Å². The maximum absolute atomic E-state index is 6.20. The van der Waals surface area contributed by atoms with E-state index in [4.69, 9.17) is 9.40 Å². The molecule has 4 aromatic carbocycles. The van der Waals surface area contributed by atoms with E-state index in [2.05, 4.69) is 41.4 Å². The number of hydrogen-bond acceptors (Lipinski definition) is 3. The van der Waals surface area contributed by atoms with E-state index in [1.807, 2.05) is 48.7 Å². The molecule has 0 spiro atoms. The first kappa shape index (κ1) is 14.4. The van der Waals surface area contributed by atoms with Gasteiger partial charge in [-0.1, -0.05) is 36.4 Å². The molecule has 0 aliphatic heterocycles. The summed E-state index contributed by atoms with van der Waals surface area (Å²) in [6.07, 6.45) is 1.83. The van der Waals surface area contributed by atoms with Crippen LogP contribution in [0.1, 0.15) is 0 Å². The van der Waals surface area contributed by atoms with Gasteiger partial charge in [0.25, 0.3) is 0 Å². The van der Waals surface area contributed by atoms with E-state index in [-0.39, 0.29) is 0 Å². The van der Waals surface area contributed by atoms with Gasteiger partial charge in [-0.15, -0.1) is 0 Å². The normalized spacial score (nSPS) is 11.7. The summed E-state index contributed by atoms with van der Waals surface area (Å²) in [6, 6.07) is 26.9. The van der Waals surface area contributed by atoms with Crippen LogP contribution in [0.15, 0.2) is 89.5 Å². The van der Waals surface area contributed by atoms with Crippen molar-refractivity contribution in [2.75, 3.05) is 0 Å². The van der Waals surface area contributed by atoms with Gasteiger partial charge in [-0.3, -0.25) is 4.98 Å². The van der Waals surface area contributed by atoms with Crippen LogP contribution in [-0.2, 0) is 0 Å². The molecule has 0 atom stereocenters. The molecule has 0 saturated carbocycles. The molecule has 0 amide bonds. The Labute approximate surface area is 154 Å². The van der Waals surface area contributed by atoms with E-state index in [1.54, 1.807) is 0 Å². The highest BCUT2D eigenvalue weighted by Crippen LogP contribution is 2.34. The first-order valence-electron chi connectivity index (χ1n) is 8.93. The van der Waals surface area contributed by atoms with Gasteiger partial charge in [0, 0.05) is 22.5 Å². The van der Waals surface area contributed by atoms with Crippen LogP contribution in [0.4, 0.5) is 0 Å². The fraction of sp³-hybridized carbons (Fsp3) is 0. The van der Waals surface area contributed by atoms with Gasteiger partial charge in [0.05, 0.1) is 5.52 Å². The van der Waals surface area contributed by atoms with Crippen molar-refractivity contribution in [1.29, 1.82) is 0 Å². The molecule has 3 heteroatoms. The number of pyridine rings is 1. The Kier molecular flexibility index (Phi) is 2.88. The largest absolute Gasteiger partial charge is 0.435 e. The van der Waals surface area contributed by atoms with E-state index >= 15 is 0 Å². The Morgan fingerprint density at radius 3 is 2.33 bits per heavy atom. The standard InChI is InChI=1S/C24H14N2O/c1-2-5-15(6-3-1)24-26-22-11-9-17-13-16-8-10-21-18(7-4-12-25-21)19(16)14-20(17)23(22)27-24/h1-14H. The SMILES string of the molecule is c1ccc(-c2nc3ccc4cc5ccc6ncccc6c5cc4c3o2)cc1. The number of aromatic nitrogens is 2. The lowest BCUT2D eigenvalue weighted by Crippen LogP contribution is -1.82. The van der Waals surface area contributed by atoms with Gasteiger partial charge in [0.1, 0.15) is 5.52 Å². The molecule has 126 valence electrons. The predicted octanol–water partition coefficient (Wildman–Crippen LogP) is 6.35. The molecule has 0 fully saturated rings. The summed E-state index contributed by atoms with van der Waals surface area (Å²) >= 11 is 0. The van der Waals surface area contributed by atoms with Crippen molar-refractivity contribution >= 4 is 43.5 Å². The van der Waals surface area contributed by atoms with Crippen LogP contribution in [-0.4, -0.2) is 9.97 Å². The second-order valence-electron chi connectivity index (χ2n) is 6.73. The molecule has 0 unspecified atom stereocenters. The van der Waals surface area contributed by atoms with Gasteiger partial charge in [0.15, 0.2) is 5.58 Å². The van der Waals surface area contributed by atoms with Crippen molar-refractivity contribution in [2.45, 2.75) is 0 Å². The van der Waals surface area contributed by atoms with Crippen LogP contribution in [0.3, 0.4) is 0 Å². The first-order valence-corrected chi connectivity index (χ1v) is 8.93. The molecular formula is C24H14N2O. The summed E-state index contributed by atoms with van der Waals surface area (Å²) in [6.45, 7) is 0. The monoisotopic (exact) mass is 346 g/mol. The molecule has 0 radical (unpaired) electrons. The molecule has 6 aromatic rings. The van der Waals surface area contributed by atoms with Gasteiger partial charge in [-0.2, -0.15) is 0 Å². The second-order valence-corrected chi connectivity index (χ2v) is 6.73. The third-order valence-corrected chi connectivity index (χ3v) is 5.11. The first-order chi connectivity index (χ1) is 13.4. The highest BCUT2D eigenvalue weighted by Gasteiger charge is 2.12. The second kappa shape index (κ2) is 5.39. The van der Waals surface area contributed by atoms with Gasteiger partial charge in [-0.25, -0.2) is 4.98 Å².